The molecule has 2 heterocycles. The van der Waals surface area contributed by atoms with Crippen LogP contribution in [0.25, 0.3) is 0 Å². The van der Waals surface area contributed by atoms with Crippen molar-refractivity contribution in [2.24, 2.45) is 4.99 Å². The zero-order chi connectivity index (χ0) is 18.4. The van der Waals surface area contributed by atoms with Gasteiger partial charge >= 0.3 is 0 Å². The SMILES string of the molecule is CN=C(NCc1ccc(CN2CCCC2)cc1)NCc1cc(C)oc1C. The first-order valence-corrected chi connectivity index (χ1v) is 9.44. The number of aryl methyl sites for hydroxylation is 2. The van der Waals surface area contributed by atoms with Gasteiger partial charge in [0.2, 0.25) is 0 Å². The fourth-order valence-electron chi connectivity index (χ4n) is 3.41. The fourth-order valence-corrected chi connectivity index (χ4v) is 3.41. The third-order valence-electron chi connectivity index (χ3n) is 4.90. The highest BCUT2D eigenvalue weighted by atomic mass is 16.3. The number of benzene rings is 1. The van der Waals surface area contributed by atoms with Gasteiger partial charge in [0.15, 0.2) is 5.96 Å². The molecule has 0 atom stereocenters. The van der Waals surface area contributed by atoms with Crippen LogP contribution >= 0.6 is 0 Å². The number of hydrogen-bond acceptors (Lipinski definition) is 3. The molecule has 0 spiro atoms. The summed E-state index contributed by atoms with van der Waals surface area (Å²) in [6.45, 7) is 8.97. The molecule has 1 fully saturated rings. The highest BCUT2D eigenvalue weighted by molar-refractivity contribution is 5.79. The monoisotopic (exact) mass is 354 g/mol. The van der Waals surface area contributed by atoms with E-state index in [1.54, 1.807) is 7.05 Å². The average Bonchev–Trinajstić information content (AvgIpc) is 3.25. The van der Waals surface area contributed by atoms with Crippen LogP contribution in [-0.2, 0) is 19.6 Å². The van der Waals surface area contributed by atoms with Gasteiger partial charge in [-0.3, -0.25) is 9.89 Å². The Morgan fingerprint density at radius 3 is 2.31 bits per heavy atom. The standard InChI is InChI=1S/C21H30N4O/c1-16-12-20(17(2)26-16)14-24-21(22-3)23-13-18-6-8-19(9-7-18)15-25-10-4-5-11-25/h6-9,12H,4-5,10-11,13-15H2,1-3H3,(H2,22,23,24). The van der Waals surface area contributed by atoms with E-state index in [2.05, 4.69) is 50.9 Å². The first-order valence-electron chi connectivity index (χ1n) is 9.44. The summed E-state index contributed by atoms with van der Waals surface area (Å²) in [5, 5.41) is 6.71. The highest BCUT2D eigenvalue weighted by Gasteiger charge is 2.11. The summed E-state index contributed by atoms with van der Waals surface area (Å²) >= 11 is 0. The Morgan fingerprint density at radius 2 is 1.69 bits per heavy atom. The third-order valence-corrected chi connectivity index (χ3v) is 4.90. The lowest BCUT2D eigenvalue weighted by atomic mass is 10.1. The van der Waals surface area contributed by atoms with Gasteiger partial charge in [0.25, 0.3) is 0 Å². The molecular formula is C21H30N4O. The van der Waals surface area contributed by atoms with E-state index in [0.29, 0.717) is 6.54 Å². The molecule has 2 N–H and O–H groups in total. The lowest BCUT2D eigenvalue weighted by Gasteiger charge is -2.15. The molecule has 0 bridgehead atoms. The Hall–Kier alpha value is -2.27. The summed E-state index contributed by atoms with van der Waals surface area (Å²) in [7, 11) is 1.79. The molecule has 0 aliphatic carbocycles. The van der Waals surface area contributed by atoms with E-state index in [1.807, 2.05) is 13.8 Å². The molecule has 1 aliphatic rings. The highest BCUT2D eigenvalue weighted by Crippen LogP contribution is 2.14. The second-order valence-electron chi connectivity index (χ2n) is 7.02. The number of guanidine groups is 1. The van der Waals surface area contributed by atoms with Crippen LogP contribution in [0.3, 0.4) is 0 Å². The summed E-state index contributed by atoms with van der Waals surface area (Å²) in [5.41, 5.74) is 3.81. The Morgan fingerprint density at radius 1 is 1.04 bits per heavy atom. The number of hydrogen-bond donors (Lipinski definition) is 2. The third kappa shape index (κ3) is 5.11. The van der Waals surface area contributed by atoms with E-state index in [1.165, 1.54) is 37.1 Å². The summed E-state index contributed by atoms with van der Waals surface area (Å²) in [6.07, 6.45) is 2.68. The quantitative estimate of drug-likeness (QED) is 0.617. The van der Waals surface area contributed by atoms with Crippen molar-refractivity contribution >= 4 is 5.96 Å². The van der Waals surface area contributed by atoms with E-state index in [0.717, 1.165) is 36.1 Å². The van der Waals surface area contributed by atoms with Crippen molar-refractivity contribution in [2.75, 3.05) is 20.1 Å². The van der Waals surface area contributed by atoms with Crippen molar-refractivity contribution in [3.05, 3.63) is 58.5 Å². The van der Waals surface area contributed by atoms with Gasteiger partial charge in [-0.2, -0.15) is 0 Å². The Kier molecular flexibility index (Phi) is 6.34. The number of furan rings is 1. The van der Waals surface area contributed by atoms with Crippen LogP contribution in [0.4, 0.5) is 0 Å². The van der Waals surface area contributed by atoms with Crippen molar-refractivity contribution in [3.8, 4) is 0 Å². The van der Waals surface area contributed by atoms with Gasteiger partial charge in [-0.15, -0.1) is 0 Å². The average molecular weight is 354 g/mol. The van der Waals surface area contributed by atoms with E-state index in [-0.39, 0.29) is 0 Å². The smallest absolute Gasteiger partial charge is 0.191 e. The van der Waals surface area contributed by atoms with Crippen molar-refractivity contribution in [1.29, 1.82) is 0 Å². The molecule has 2 aromatic rings. The normalized spacial score (nSPS) is 15.4. The maximum Gasteiger partial charge on any atom is 0.191 e. The largest absolute Gasteiger partial charge is 0.466 e. The molecule has 0 radical (unpaired) electrons. The summed E-state index contributed by atoms with van der Waals surface area (Å²) in [5.74, 6) is 2.69. The second-order valence-corrected chi connectivity index (χ2v) is 7.02. The number of nitrogens with zero attached hydrogens (tertiary/aromatic N) is 2. The Balaban J connectivity index is 1.46. The first-order chi connectivity index (χ1) is 12.6. The molecule has 26 heavy (non-hydrogen) atoms. The van der Waals surface area contributed by atoms with E-state index >= 15 is 0 Å². The van der Waals surface area contributed by atoms with E-state index < -0.39 is 0 Å². The fraction of sp³-hybridized carbons (Fsp3) is 0.476. The molecule has 5 heteroatoms. The van der Waals surface area contributed by atoms with Crippen LogP contribution in [0.15, 0.2) is 39.7 Å². The topological polar surface area (TPSA) is 52.8 Å². The van der Waals surface area contributed by atoms with Crippen molar-refractivity contribution in [1.82, 2.24) is 15.5 Å². The summed E-state index contributed by atoms with van der Waals surface area (Å²) in [6, 6.07) is 10.9. The predicted octanol–water partition coefficient (Wildman–Crippen LogP) is 3.36. The summed E-state index contributed by atoms with van der Waals surface area (Å²) < 4.78 is 5.56. The maximum absolute atomic E-state index is 5.56. The lowest BCUT2D eigenvalue weighted by molar-refractivity contribution is 0.331. The molecule has 1 aromatic carbocycles. The molecule has 1 aliphatic heterocycles. The molecule has 1 saturated heterocycles. The zero-order valence-corrected chi connectivity index (χ0v) is 16.1. The predicted molar refractivity (Wildman–Crippen MR) is 106 cm³/mol. The van der Waals surface area contributed by atoms with Gasteiger partial charge in [0, 0.05) is 32.2 Å². The Labute approximate surface area is 156 Å². The molecule has 5 nitrogen and oxygen atoms in total. The van der Waals surface area contributed by atoms with Crippen molar-refractivity contribution in [3.63, 3.8) is 0 Å². The first kappa shape index (κ1) is 18.5. The van der Waals surface area contributed by atoms with Crippen LogP contribution in [0, 0.1) is 13.8 Å². The second kappa shape index (κ2) is 8.90. The van der Waals surface area contributed by atoms with Gasteiger partial charge < -0.3 is 15.1 Å². The van der Waals surface area contributed by atoms with Crippen LogP contribution in [0.1, 0.15) is 41.1 Å². The molecule has 0 amide bonds. The minimum Gasteiger partial charge on any atom is -0.466 e. The molecular weight excluding hydrogens is 324 g/mol. The lowest BCUT2D eigenvalue weighted by Crippen LogP contribution is -2.36. The van der Waals surface area contributed by atoms with E-state index in [4.69, 9.17) is 4.42 Å². The molecule has 3 rings (SSSR count). The minimum atomic E-state index is 0.706. The van der Waals surface area contributed by atoms with Crippen LogP contribution in [-0.4, -0.2) is 31.0 Å². The molecule has 1 aromatic heterocycles. The number of likely N-dealkylation sites (tertiary alicyclic amines) is 1. The van der Waals surface area contributed by atoms with Gasteiger partial charge in [-0.25, -0.2) is 0 Å². The van der Waals surface area contributed by atoms with E-state index in [9.17, 15) is 0 Å². The van der Waals surface area contributed by atoms with Gasteiger partial charge in [0.1, 0.15) is 11.5 Å². The van der Waals surface area contributed by atoms with Crippen LogP contribution in [0.2, 0.25) is 0 Å². The molecule has 0 unspecified atom stereocenters. The number of rotatable bonds is 6. The van der Waals surface area contributed by atoms with Crippen LogP contribution in [0.5, 0.6) is 0 Å². The molecule has 0 saturated carbocycles. The van der Waals surface area contributed by atoms with Gasteiger partial charge in [0.05, 0.1) is 0 Å². The molecule has 140 valence electrons. The number of aliphatic imine (C=N–C) groups is 1. The van der Waals surface area contributed by atoms with Gasteiger partial charge in [-0.1, -0.05) is 24.3 Å². The Bertz CT molecular complexity index is 727. The summed E-state index contributed by atoms with van der Waals surface area (Å²) in [4.78, 5) is 6.82. The minimum absolute atomic E-state index is 0.706. The van der Waals surface area contributed by atoms with Gasteiger partial charge in [-0.05, 0) is 57.0 Å². The van der Waals surface area contributed by atoms with Crippen molar-refractivity contribution in [2.45, 2.75) is 46.3 Å². The number of nitrogens with one attached hydrogen (secondary N) is 2. The van der Waals surface area contributed by atoms with Crippen LogP contribution < -0.4 is 10.6 Å². The zero-order valence-electron chi connectivity index (χ0n) is 16.1. The van der Waals surface area contributed by atoms with Crippen molar-refractivity contribution < 1.29 is 4.42 Å². The maximum atomic E-state index is 5.56.